The number of aromatic nitrogens is 1. The topological polar surface area (TPSA) is 147 Å². The van der Waals surface area contributed by atoms with E-state index < -0.39 is 59.3 Å². The molecule has 10 nitrogen and oxygen atoms in total. The van der Waals surface area contributed by atoms with Crippen molar-refractivity contribution in [1.29, 1.82) is 0 Å². The smallest absolute Gasteiger partial charge is 0.328 e. The number of hydrogen-bond donors (Lipinski definition) is 2. The van der Waals surface area contributed by atoms with Gasteiger partial charge in [-0.1, -0.05) is 13.8 Å². The van der Waals surface area contributed by atoms with Crippen molar-refractivity contribution < 1.29 is 37.8 Å². The van der Waals surface area contributed by atoms with Crippen LogP contribution in [-0.2, 0) is 14.3 Å². The summed E-state index contributed by atoms with van der Waals surface area (Å²) in [7, 11) is 0. The van der Waals surface area contributed by atoms with Gasteiger partial charge >= 0.3 is 11.9 Å². The molecule has 11 heteroatoms. The van der Waals surface area contributed by atoms with Crippen LogP contribution in [0.4, 0.5) is 4.39 Å². The Balaban J connectivity index is 2.11. The number of primary amides is 1. The molecule has 0 aliphatic rings. The Bertz CT molecular complexity index is 1090. The molecule has 0 fully saturated rings. The molecule has 3 atom stereocenters. The molecule has 0 radical (unpaired) electrons. The summed E-state index contributed by atoms with van der Waals surface area (Å²) in [5, 5.41) is 2.40. The van der Waals surface area contributed by atoms with E-state index in [9.17, 15) is 23.6 Å². The molecule has 0 saturated carbocycles. The first kappa shape index (κ1) is 27.2. The number of carbonyl (C=O) groups excluding carboxylic acids is 4. The highest BCUT2D eigenvalue weighted by Crippen LogP contribution is 2.23. The van der Waals surface area contributed by atoms with Gasteiger partial charge in [-0.15, -0.1) is 0 Å². The number of nitrogens with zero attached hydrogens (tertiary/aromatic N) is 1. The third-order valence-corrected chi connectivity index (χ3v) is 4.84. The zero-order chi connectivity index (χ0) is 26.3. The maximum atomic E-state index is 13.2. The minimum Gasteiger partial charge on any atom is -0.486 e. The van der Waals surface area contributed by atoms with Crippen molar-refractivity contribution in [3.63, 3.8) is 0 Å². The minimum absolute atomic E-state index is 0.0697. The Morgan fingerprint density at radius 3 is 2.20 bits per heavy atom. The largest absolute Gasteiger partial charge is 0.486 e. The Labute approximate surface area is 201 Å². The van der Waals surface area contributed by atoms with E-state index in [0.29, 0.717) is 5.75 Å². The summed E-state index contributed by atoms with van der Waals surface area (Å²) in [5.74, 6) is -3.85. The van der Waals surface area contributed by atoms with E-state index in [1.165, 1.54) is 37.3 Å². The van der Waals surface area contributed by atoms with E-state index in [4.69, 9.17) is 19.9 Å². The van der Waals surface area contributed by atoms with Gasteiger partial charge in [-0.25, -0.2) is 14.2 Å². The van der Waals surface area contributed by atoms with Crippen LogP contribution in [0.2, 0.25) is 0 Å². The van der Waals surface area contributed by atoms with Gasteiger partial charge in [-0.05, 0) is 50.1 Å². The first-order valence-corrected chi connectivity index (χ1v) is 10.8. The number of benzene rings is 1. The molecular formula is C24H28FN3O7. The third-order valence-electron chi connectivity index (χ3n) is 4.84. The van der Waals surface area contributed by atoms with Gasteiger partial charge in [0.2, 0.25) is 0 Å². The van der Waals surface area contributed by atoms with Gasteiger partial charge in [0.25, 0.3) is 11.8 Å². The highest BCUT2D eigenvalue weighted by atomic mass is 19.1. The lowest BCUT2D eigenvalue weighted by Crippen LogP contribution is -2.44. The number of carbonyl (C=O) groups is 4. The van der Waals surface area contributed by atoms with Crippen molar-refractivity contribution in [2.45, 2.75) is 52.9 Å². The third kappa shape index (κ3) is 7.49. The number of nitrogens with two attached hydrogens (primary N) is 1. The summed E-state index contributed by atoms with van der Waals surface area (Å²) >= 11 is 0. The standard InChI is InChI=1S/C24H28FN3O7/c1-12(2)20(35-17-8-6-16(25)7-9-17)14(4)33-24(32)13(3)28-23(31)19-21(34-15(5)29)18(22(26)30)10-11-27-19/h6-14,20H,1-5H3,(H2,26,30)(H,28,31)/t13-,14?,20?/m0/s1. The van der Waals surface area contributed by atoms with Crippen LogP contribution in [0.25, 0.3) is 0 Å². The molecule has 188 valence electrons. The van der Waals surface area contributed by atoms with Crippen molar-refractivity contribution in [2.24, 2.45) is 11.7 Å². The maximum absolute atomic E-state index is 13.2. The number of pyridine rings is 1. The first-order valence-electron chi connectivity index (χ1n) is 10.8. The summed E-state index contributed by atoms with van der Waals surface area (Å²) in [5.41, 5.74) is 4.66. The minimum atomic E-state index is -1.13. The van der Waals surface area contributed by atoms with Crippen LogP contribution in [0, 0.1) is 11.7 Å². The second-order valence-electron chi connectivity index (χ2n) is 8.11. The summed E-state index contributed by atoms with van der Waals surface area (Å²) in [6.07, 6.45) is -0.135. The summed E-state index contributed by atoms with van der Waals surface area (Å²) in [6.45, 7) is 7.86. The maximum Gasteiger partial charge on any atom is 0.328 e. The Kier molecular flexibility index (Phi) is 9.26. The highest BCUT2D eigenvalue weighted by Gasteiger charge is 2.30. The van der Waals surface area contributed by atoms with Gasteiger partial charge in [-0.3, -0.25) is 14.4 Å². The molecule has 2 unspecified atom stereocenters. The van der Waals surface area contributed by atoms with Gasteiger partial charge < -0.3 is 25.3 Å². The Morgan fingerprint density at radius 2 is 1.66 bits per heavy atom. The molecular weight excluding hydrogens is 461 g/mol. The van der Waals surface area contributed by atoms with Crippen molar-refractivity contribution in [3.8, 4) is 11.5 Å². The van der Waals surface area contributed by atoms with Crippen LogP contribution in [0.15, 0.2) is 36.5 Å². The predicted octanol–water partition coefficient (Wildman–Crippen LogP) is 2.40. The molecule has 0 aliphatic carbocycles. The quantitative estimate of drug-likeness (QED) is 0.484. The highest BCUT2D eigenvalue weighted by molar-refractivity contribution is 6.03. The van der Waals surface area contributed by atoms with Gasteiger partial charge in [-0.2, -0.15) is 0 Å². The first-order chi connectivity index (χ1) is 16.4. The van der Waals surface area contributed by atoms with E-state index in [1.807, 2.05) is 13.8 Å². The lowest BCUT2D eigenvalue weighted by atomic mass is 10.0. The molecule has 1 aromatic heterocycles. The van der Waals surface area contributed by atoms with E-state index >= 15 is 0 Å². The average Bonchev–Trinajstić information content (AvgIpc) is 2.77. The summed E-state index contributed by atoms with van der Waals surface area (Å²) in [6, 6.07) is 5.52. The van der Waals surface area contributed by atoms with E-state index in [1.54, 1.807) is 6.92 Å². The van der Waals surface area contributed by atoms with Crippen LogP contribution >= 0.6 is 0 Å². The number of hydrogen-bond acceptors (Lipinski definition) is 8. The van der Waals surface area contributed by atoms with Gasteiger partial charge in [0.15, 0.2) is 11.4 Å². The van der Waals surface area contributed by atoms with Gasteiger partial charge in [0.1, 0.15) is 29.8 Å². The molecule has 0 bridgehead atoms. The molecule has 2 aromatic rings. The fourth-order valence-corrected chi connectivity index (χ4v) is 3.17. The summed E-state index contributed by atoms with van der Waals surface area (Å²) in [4.78, 5) is 52.4. The monoisotopic (exact) mass is 489 g/mol. The number of nitrogens with one attached hydrogen (secondary N) is 1. The number of amides is 2. The van der Waals surface area contributed by atoms with Gasteiger partial charge in [0, 0.05) is 13.1 Å². The van der Waals surface area contributed by atoms with E-state index in [0.717, 1.165) is 13.1 Å². The SMILES string of the molecule is CC(=O)Oc1c(C(N)=O)ccnc1C(=O)N[C@@H](C)C(=O)OC(C)C(Oc1ccc(F)cc1)C(C)C. The van der Waals surface area contributed by atoms with Crippen LogP contribution in [0.1, 0.15) is 55.5 Å². The fourth-order valence-electron chi connectivity index (χ4n) is 3.17. The normalized spacial score (nSPS) is 13.3. The van der Waals surface area contributed by atoms with Crippen molar-refractivity contribution >= 4 is 23.8 Å². The molecule has 0 spiro atoms. The number of ether oxygens (including phenoxy) is 3. The molecule has 2 amide bonds. The van der Waals surface area contributed by atoms with Gasteiger partial charge in [0.05, 0.1) is 5.56 Å². The van der Waals surface area contributed by atoms with Crippen LogP contribution in [-0.4, -0.2) is 47.0 Å². The van der Waals surface area contributed by atoms with Crippen molar-refractivity contribution in [2.75, 3.05) is 0 Å². The van der Waals surface area contributed by atoms with Crippen molar-refractivity contribution in [1.82, 2.24) is 10.3 Å². The zero-order valence-corrected chi connectivity index (χ0v) is 20.0. The lowest BCUT2D eigenvalue weighted by Gasteiger charge is -2.29. The summed E-state index contributed by atoms with van der Waals surface area (Å²) < 4.78 is 29.5. The zero-order valence-electron chi connectivity index (χ0n) is 20.0. The second kappa shape index (κ2) is 11.9. The lowest BCUT2D eigenvalue weighted by molar-refractivity contribution is -0.155. The van der Waals surface area contributed by atoms with Crippen LogP contribution < -0.4 is 20.5 Å². The molecule has 1 heterocycles. The molecule has 35 heavy (non-hydrogen) atoms. The fraction of sp³-hybridized carbons (Fsp3) is 0.375. The number of rotatable bonds is 10. The molecule has 0 aliphatic heterocycles. The molecule has 1 aromatic carbocycles. The number of halogens is 1. The molecule has 2 rings (SSSR count). The predicted molar refractivity (Wildman–Crippen MR) is 122 cm³/mol. The second-order valence-corrected chi connectivity index (χ2v) is 8.11. The van der Waals surface area contributed by atoms with Crippen molar-refractivity contribution in [3.05, 3.63) is 53.6 Å². The average molecular weight is 490 g/mol. The number of esters is 2. The van der Waals surface area contributed by atoms with E-state index in [-0.39, 0.29) is 11.5 Å². The Morgan fingerprint density at radius 1 is 1.03 bits per heavy atom. The Hall–Kier alpha value is -4.02. The van der Waals surface area contributed by atoms with Crippen LogP contribution in [0.3, 0.4) is 0 Å². The van der Waals surface area contributed by atoms with E-state index in [2.05, 4.69) is 10.3 Å². The molecule has 0 saturated heterocycles. The molecule has 3 N–H and O–H groups in total. The van der Waals surface area contributed by atoms with Crippen LogP contribution in [0.5, 0.6) is 11.5 Å².